The first-order valence-corrected chi connectivity index (χ1v) is 8.41. The summed E-state index contributed by atoms with van der Waals surface area (Å²) in [4.78, 5) is 48.2. The van der Waals surface area contributed by atoms with Crippen LogP contribution in [0.25, 0.3) is 0 Å². The highest BCUT2D eigenvalue weighted by Crippen LogP contribution is 2.24. The van der Waals surface area contributed by atoms with Crippen LogP contribution in [-0.2, 0) is 9.53 Å². The van der Waals surface area contributed by atoms with Crippen molar-refractivity contribution in [3.63, 3.8) is 0 Å². The number of carbonyl (C=O) groups is 3. The molecular weight excluding hydrogens is 350 g/mol. The highest BCUT2D eigenvalue weighted by molar-refractivity contribution is 6.13. The molecule has 140 valence electrons. The number of ketones is 2. The lowest BCUT2D eigenvalue weighted by molar-refractivity contribution is -0.384. The largest absolute Gasteiger partial charge is 0.465 e. The van der Waals surface area contributed by atoms with E-state index in [0.717, 1.165) is 0 Å². The van der Waals surface area contributed by atoms with Gasteiger partial charge in [0.15, 0.2) is 11.6 Å². The number of nitro benzene ring substituents is 1. The minimum Gasteiger partial charge on any atom is -0.465 e. The van der Waals surface area contributed by atoms with E-state index in [-0.39, 0.29) is 23.6 Å². The van der Waals surface area contributed by atoms with Crippen molar-refractivity contribution in [3.8, 4) is 0 Å². The average Bonchev–Trinajstić information content (AvgIpc) is 2.68. The van der Waals surface area contributed by atoms with Gasteiger partial charge in [-0.05, 0) is 19.1 Å². The Morgan fingerprint density at radius 1 is 0.963 bits per heavy atom. The summed E-state index contributed by atoms with van der Waals surface area (Å²) in [5, 5.41) is 10.8. The van der Waals surface area contributed by atoms with Crippen LogP contribution in [0.15, 0.2) is 54.6 Å². The number of carbonyl (C=O) groups excluding carboxylic acids is 3. The Kier molecular flexibility index (Phi) is 6.54. The highest BCUT2D eigenvalue weighted by atomic mass is 16.6. The van der Waals surface area contributed by atoms with Gasteiger partial charge in [0.25, 0.3) is 5.69 Å². The minimum atomic E-state index is -1.33. The molecule has 7 heteroatoms. The van der Waals surface area contributed by atoms with Gasteiger partial charge in [-0.25, -0.2) is 0 Å². The van der Waals surface area contributed by atoms with E-state index in [9.17, 15) is 24.5 Å². The maximum absolute atomic E-state index is 12.9. The maximum Gasteiger partial charge on any atom is 0.317 e. The second-order valence-corrected chi connectivity index (χ2v) is 5.92. The summed E-state index contributed by atoms with van der Waals surface area (Å²) in [6, 6.07) is 13.3. The fourth-order valence-corrected chi connectivity index (χ4v) is 2.71. The summed E-state index contributed by atoms with van der Waals surface area (Å²) < 4.78 is 5.00. The Morgan fingerprint density at radius 3 is 2.04 bits per heavy atom. The second-order valence-electron chi connectivity index (χ2n) is 5.92. The second kappa shape index (κ2) is 8.84. The van der Waals surface area contributed by atoms with E-state index < -0.39 is 28.5 Å². The number of hydrogen-bond acceptors (Lipinski definition) is 6. The van der Waals surface area contributed by atoms with Crippen LogP contribution in [0.2, 0.25) is 0 Å². The van der Waals surface area contributed by atoms with Crippen LogP contribution < -0.4 is 0 Å². The topological polar surface area (TPSA) is 104 Å². The first kappa shape index (κ1) is 20.0. The molecule has 0 heterocycles. The molecule has 2 aromatic carbocycles. The van der Waals surface area contributed by atoms with Crippen molar-refractivity contribution in [2.45, 2.75) is 13.8 Å². The lowest BCUT2D eigenvalue weighted by Gasteiger charge is -2.20. The summed E-state index contributed by atoms with van der Waals surface area (Å²) in [5.41, 5.74) is 0.315. The SMILES string of the molecule is CCOC(=O)C(C(=O)c1ccc([N+](=O)[O-])cc1)C(C)C(=O)c1ccccc1. The summed E-state index contributed by atoms with van der Waals surface area (Å²) >= 11 is 0. The standard InChI is InChI=1S/C20H19NO6/c1-3-27-20(24)17(13(2)18(22)14-7-5-4-6-8-14)19(23)15-9-11-16(12-10-15)21(25)26/h4-13,17H,3H2,1-2H3. The molecule has 2 rings (SSSR count). The number of nitro groups is 1. The Labute approximate surface area is 156 Å². The number of hydrogen-bond donors (Lipinski definition) is 0. The lowest BCUT2D eigenvalue weighted by atomic mass is 9.82. The molecule has 0 bridgehead atoms. The average molecular weight is 369 g/mol. The van der Waals surface area contributed by atoms with E-state index in [0.29, 0.717) is 5.56 Å². The molecule has 7 nitrogen and oxygen atoms in total. The first-order valence-electron chi connectivity index (χ1n) is 8.41. The third kappa shape index (κ3) is 4.63. The molecule has 0 amide bonds. The minimum absolute atomic E-state index is 0.0646. The van der Waals surface area contributed by atoms with E-state index in [1.54, 1.807) is 37.3 Å². The Morgan fingerprint density at radius 2 is 1.52 bits per heavy atom. The van der Waals surface area contributed by atoms with Crippen molar-refractivity contribution >= 4 is 23.2 Å². The molecule has 0 aromatic heterocycles. The zero-order valence-electron chi connectivity index (χ0n) is 15.0. The van der Waals surface area contributed by atoms with Crippen molar-refractivity contribution in [1.82, 2.24) is 0 Å². The Balaban J connectivity index is 2.35. The van der Waals surface area contributed by atoms with Crippen LogP contribution in [0.1, 0.15) is 34.6 Å². The molecule has 2 aromatic rings. The quantitative estimate of drug-likeness (QED) is 0.232. The number of ether oxygens (including phenoxy) is 1. The zero-order chi connectivity index (χ0) is 20.0. The number of Topliss-reactive ketones (excluding diaryl/α,β-unsaturated/α-hetero) is 2. The Hall–Kier alpha value is -3.35. The smallest absolute Gasteiger partial charge is 0.317 e. The molecule has 0 saturated carbocycles. The van der Waals surface area contributed by atoms with Gasteiger partial charge in [-0.1, -0.05) is 37.3 Å². The predicted molar refractivity (Wildman–Crippen MR) is 97.5 cm³/mol. The maximum atomic E-state index is 12.9. The van der Waals surface area contributed by atoms with Crippen molar-refractivity contribution in [2.24, 2.45) is 11.8 Å². The van der Waals surface area contributed by atoms with E-state index in [1.165, 1.54) is 31.2 Å². The monoisotopic (exact) mass is 369 g/mol. The van der Waals surface area contributed by atoms with E-state index in [2.05, 4.69) is 0 Å². The van der Waals surface area contributed by atoms with Gasteiger partial charge in [0.1, 0.15) is 5.92 Å². The van der Waals surface area contributed by atoms with E-state index >= 15 is 0 Å². The van der Waals surface area contributed by atoms with Crippen LogP contribution in [-0.4, -0.2) is 29.1 Å². The predicted octanol–water partition coefficient (Wildman–Crippen LogP) is 3.48. The number of rotatable bonds is 8. The van der Waals surface area contributed by atoms with Crippen LogP contribution >= 0.6 is 0 Å². The molecule has 0 aliphatic rings. The third-order valence-electron chi connectivity index (χ3n) is 4.16. The van der Waals surface area contributed by atoms with Crippen molar-refractivity contribution < 1.29 is 24.0 Å². The third-order valence-corrected chi connectivity index (χ3v) is 4.16. The molecule has 0 aliphatic heterocycles. The summed E-state index contributed by atoms with van der Waals surface area (Å²) in [5.74, 6) is -4.05. The normalized spacial score (nSPS) is 12.7. The molecule has 2 atom stereocenters. The van der Waals surface area contributed by atoms with Crippen molar-refractivity contribution in [1.29, 1.82) is 0 Å². The highest BCUT2D eigenvalue weighted by Gasteiger charge is 2.38. The van der Waals surface area contributed by atoms with Gasteiger partial charge in [-0.2, -0.15) is 0 Å². The summed E-state index contributed by atoms with van der Waals surface area (Å²) in [6.45, 7) is 3.17. The number of esters is 1. The Bertz CT molecular complexity index is 845. The van der Waals surface area contributed by atoms with Crippen LogP contribution in [0.3, 0.4) is 0 Å². The van der Waals surface area contributed by atoms with E-state index in [1.807, 2.05) is 0 Å². The molecule has 0 N–H and O–H groups in total. The number of benzene rings is 2. The first-order chi connectivity index (χ1) is 12.9. The van der Waals surface area contributed by atoms with Crippen molar-refractivity contribution in [2.75, 3.05) is 6.61 Å². The number of non-ortho nitro benzene ring substituents is 1. The van der Waals surface area contributed by atoms with Crippen LogP contribution in [0.5, 0.6) is 0 Å². The van der Waals surface area contributed by atoms with Gasteiger partial charge in [0, 0.05) is 29.2 Å². The van der Waals surface area contributed by atoms with Gasteiger partial charge in [0.2, 0.25) is 0 Å². The van der Waals surface area contributed by atoms with Gasteiger partial charge in [-0.15, -0.1) is 0 Å². The molecular formula is C20H19NO6. The fourth-order valence-electron chi connectivity index (χ4n) is 2.71. The van der Waals surface area contributed by atoms with Gasteiger partial charge >= 0.3 is 5.97 Å². The lowest BCUT2D eigenvalue weighted by Crippen LogP contribution is -2.36. The molecule has 0 aliphatic carbocycles. The molecule has 0 fully saturated rings. The van der Waals surface area contributed by atoms with E-state index in [4.69, 9.17) is 4.74 Å². The number of nitrogens with zero attached hydrogens (tertiary/aromatic N) is 1. The van der Waals surface area contributed by atoms with Gasteiger partial charge < -0.3 is 4.74 Å². The molecule has 0 radical (unpaired) electrons. The molecule has 2 unspecified atom stereocenters. The van der Waals surface area contributed by atoms with Crippen molar-refractivity contribution in [3.05, 3.63) is 75.8 Å². The summed E-state index contributed by atoms with van der Waals surface area (Å²) in [7, 11) is 0. The molecule has 0 spiro atoms. The van der Waals surface area contributed by atoms with Crippen LogP contribution in [0.4, 0.5) is 5.69 Å². The van der Waals surface area contributed by atoms with Crippen LogP contribution in [0, 0.1) is 22.0 Å². The zero-order valence-corrected chi connectivity index (χ0v) is 15.0. The molecule has 27 heavy (non-hydrogen) atoms. The van der Waals surface area contributed by atoms with Gasteiger partial charge in [-0.3, -0.25) is 24.5 Å². The summed E-state index contributed by atoms with van der Waals surface area (Å²) in [6.07, 6.45) is 0. The van der Waals surface area contributed by atoms with Gasteiger partial charge in [0.05, 0.1) is 11.5 Å². The molecule has 0 saturated heterocycles. The fraction of sp³-hybridized carbons (Fsp3) is 0.250.